The molecule has 49 heavy (non-hydrogen) atoms. The molecule has 2 heterocycles. The Morgan fingerprint density at radius 1 is 0.286 bits per heavy atom. The zero-order valence-corrected chi connectivity index (χ0v) is 26.6. The second-order valence-corrected chi connectivity index (χ2v) is 12.1. The summed E-state index contributed by atoms with van der Waals surface area (Å²) >= 11 is 0. The van der Waals surface area contributed by atoms with Gasteiger partial charge in [-0.3, -0.25) is 0 Å². The molecule has 7 aromatic carbocycles. The van der Waals surface area contributed by atoms with E-state index in [4.69, 9.17) is 15.0 Å². The second kappa shape index (κ2) is 12.2. The lowest BCUT2D eigenvalue weighted by Gasteiger charge is -2.12. The molecule has 0 atom stereocenters. The molecule has 0 radical (unpaired) electrons. The van der Waals surface area contributed by atoms with Gasteiger partial charge in [-0.15, -0.1) is 0 Å². The fourth-order valence-electron chi connectivity index (χ4n) is 6.63. The van der Waals surface area contributed by atoms with E-state index >= 15 is 0 Å². The van der Waals surface area contributed by atoms with Gasteiger partial charge in [0.05, 0.1) is 11.0 Å². The van der Waals surface area contributed by atoms with Crippen LogP contribution in [-0.2, 0) is 0 Å². The van der Waals surface area contributed by atoms with Crippen molar-refractivity contribution < 1.29 is 0 Å². The Balaban J connectivity index is 1.18. The average Bonchev–Trinajstić information content (AvgIpc) is 3.53. The average molecular weight is 627 g/mol. The molecule has 0 amide bonds. The van der Waals surface area contributed by atoms with Gasteiger partial charge in [0, 0.05) is 33.2 Å². The number of aromatic nitrogens is 4. The summed E-state index contributed by atoms with van der Waals surface area (Å²) < 4.78 is 2.32. The van der Waals surface area contributed by atoms with Gasteiger partial charge in [-0.1, -0.05) is 158 Å². The maximum atomic E-state index is 5.08. The monoisotopic (exact) mass is 626 g/mol. The molecule has 9 rings (SSSR count). The summed E-state index contributed by atoms with van der Waals surface area (Å²) in [6, 6.07) is 63.3. The number of hydrogen-bond donors (Lipinski definition) is 0. The van der Waals surface area contributed by atoms with Crippen molar-refractivity contribution in [2.24, 2.45) is 0 Å². The maximum absolute atomic E-state index is 5.08. The highest BCUT2D eigenvalue weighted by atomic mass is 15.0. The summed E-state index contributed by atoms with van der Waals surface area (Å²) in [6.07, 6.45) is 0. The van der Waals surface area contributed by atoms with Crippen molar-refractivity contribution in [3.63, 3.8) is 0 Å². The van der Waals surface area contributed by atoms with Gasteiger partial charge in [0.2, 0.25) is 0 Å². The molecule has 0 aliphatic rings. The molecule has 0 aliphatic carbocycles. The Bertz CT molecular complexity index is 2420. The van der Waals surface area contributed by atoms with Crippen LogP contribution in [0.25, 0.3) is 83.9 Å². The standard InChI is InChI=1S/C45H30N4/c1-3-12-31(13-4-1)33-22-26-35(27-23-33)43-46-44(36-28-24-34(25-29-36)32-14-5-2-6-15-32)48-45(47-43)37-16-11-17-38(30-37)49-41-20-9-7-18-39(41)40-19-8-10-21-42(40)49/h1-30H. The number of nitrogens with zero attached hydrogens (tertiary/aromatic N) is 4. The van der Waals surface area contributed by atoms with Crippen LogP contribution >= 0.6 is 0 Å². The van der Waals surface area contributed by atoms with Gasteiger partial charge >= 0.3 is 0 Å². The molecule has 4 nitrogen and oxygen atoms in total. The van der Waals surface area contributed by atoms with Crippen molar-refractivity contribution in [3.8, 4) is 62.1 Å². The first-order valence-electron chi connectivity index (χ1n) is 16.5. The van der Waals surface area contributed by atoms with Gasteiger partial charge in [0.15, 0.2) is 17.5 Å². The van der Waals surface area contributed by atoms with Crippen LogP contribution in [-0.4, -0.2) is 19.5 Å². The predicted molar refractivity (Wildman–Crippen MR) is 201 cm³/mol. The maximum Gasteiger partial charge on any atom is 0.164 e. The van der Waals surface area contributed by atoms with Gasteiger partial charge in [-0.05, 0) is 46.5 Å². The molecule has 0 aliphatic heterocycles. The van der Waals surface area contributed by atoms with Gasteiger partial charge in [-0.2, -0.15) is 0 Å². The van der Waals surface area contributed by atoms with Crippen molar-refractivity contribution in [3.05, 3.63) is 182 Å². The Kier molecular flexibility index (Phi) is 7.10. The number of benzene rings is 7. The summed E-state index contributed by atoms with van der Waals surface area (Å²) in [7, 11) is 0. The molecule has 0 spiro atoms. The summed E-state index contributed by atoms with van der Waals surface area (Å²) in [5.41, 5.74) is 10.8. The summed E-state index contributed by atoms with van der Waals surface area (Å²) in [6.45, 7) is 0. The highest BCUT2D eigenvalue weighted by molar-refractivity contribution is 6.09. The number of rotatable bonds is 6. The predicted octanol–water partition coefficient (Wildman–Crippen LogP) is 11.3. The topological polar surface area (TPSA) is 43.6 Å². The normalized spacial score (nSPS) is 11.3. The zero-order valence-electron chi connectivity index (χ0n) is 26.6. The first-order chi connectivity index (χ1) is 24.3. The van der Waals surface area contributed by atoms with Crippen molar-refractivity contribution >= 4 is 21.8 Å². The highest BCUT2D eigenvalue weighted by Crippen LogP contribution is 2.34. The number of fused-ring (bicyclic) bond motifs is 3. The Labute approximate surface area is 284 Å². The van der Waals surface area contributed by atoms with Crippen LogP contribution in [0.2, 0.25) is 0 Å². The van der Waals surface area contributed by atoms with Gasteiger partial charge in [0.25, 0.3) is 0 Å². The molecule has 0 saturated carbocycles. The van der Waals surface area contributed by atoms with Crippen LogP contribution in [0.15, 0.2) is 182 Å². The van der Waals surface area contributed by atoms with Crippen LogP contribution in [0.1, 0.15) is 0 Å². The second-order valence-electron chi connectivity index (χ2n) is 12.1. The van der Waals surface area contributed by atoms with Crippen LogP contribution in [0.3, 0.4) is 0 Å². The van der Waals surface area contributed by atoms with Crippen molar-refractivity contribution in [2.75, 3.05) is 0 Å². The van der Waals surface area contributed by atoms with E-state index in [1.165, 1.54) is 21.9 Å². The molecule has 4 heteroatoms. The largest absolute Gasteiger partial charge is 0.309 e. The minimum Gasteiger partial charge on any atom is -0.309 e. The van der Waals surface area contributed by atoms with Gasteiger partial charge in [-0.25, -0.2) is 15.0 Å². The lowest BCUT2D eigenvalue weighted by Crippen LogP contribution is -2.01. The van der Waals surface area contributed by atoms with Crippen molar-refractivity contribution in [2.45, 2.75) is 0 Å². The lowest BCUT2D eigenvalue weighted by molar-refractivity contribution is 1.07. The van der Waals surface area contributed by atoms with E-state index in [1.807, 2.05) is 12.1 Å². The van der Waals surface area contributed by atoms with Crippen molar-refractivity contribution in [1.29, 1.82) is 0 Å². The third kappa shape index (κ3) is 5.35. The minimum absolute atomic E-state index is 0.627. The Hall–Kier alpha value is -6.65. The smallest absolute Gasteiger partial charge is 0.164 e. The van der Waals surface area contributed by atoms with Crippen molar-refractivity contribution in [1.82, 2.24) is 19.5 Å². The van der Waals surface area contributed by atoms with E-state index in [0.717, 1.165) is 44.5 Å². The number of hydrogen-bond acceptors (Lipinski definition) is 3. The molecule has 9 aromatic rings. The third-order valence-corrected chi connectivity index (χ3v) is 9.08. The lowest BCUT2D eigenvalue weighted by atomic mass is 10.0. The van der Waals surface area contributed by atoms with E-state index < -0.39 is 0 Å². The van der Waals surface area contributed by atoms with Crippen LogP contribution in [0.4, 0.5) is 0 Å². The first kappa shape index (κ1) is 28.6. The molecule has 0 saturated heterocycles. The van der Waals surface area contributed by atoms with Crippen LogP contribution in [0.5, 0.6) is 0 Å². The van der Waals surface area contributed by atoms with E-state index in [-0.39, 0.29) is 0 Å². The summed E-state index contributed by atoms with van der Waals surface area (Å²) in [4.78, 5) is 15.2. The molecule has 0 N–H and O–H groups in total. The summed E-state index contributed by atoms with van der Waals surface area (Å²) in [5.74, 6) is 1.89. The van der Waals surface area contributed by atoms with Crippen LogP contribution in [0, 0.1) is 0 Å². The molecule has 2 aromatic heterocycles. The van der Waals surface area contributed by atoms with E-state index in [9.17, 15) is 0 Å². The molecular weight excluding hydrogens is 597 g/mol. The van der Waals surface area contributed by atoms with Crippen LogP contribution < -0.4 is 0 Å². The van der Waals surface area contributed by atoms with Gasteiger partial charge < -0.3 is 4.57 Å². The van der Waals surface area contributed by atoms with Gasteiger partial charge in [0.1, 0.15) is 0 Å². The zero-order chi connectivity index (χ0) is 32.6. The first-order valence-corrected chi connectivity index (χ1v) is 16.5. The van der Waals surface area contributed by atoms with E-state index in [2.05, 4.69) is 174 Å². The Morgan fingerprint density at radius 3 is 1.14 bits per heavy atom. The summed E-state index contributed by atoms with van der Waals surface area (Å²) in [5, 5.41) is 2.46. The van der Waals surface area contributed by atoms with E-state index in [1.54, 1.807) is 0 Å². The Morgan fingerprint density at radius 2 is 0.653 bits per heavy atom. The molecular formula is C45H30N4. The molecule has 0 fully saturated rings. The SMILES string of the molecule is c1ccc(-c2ccc(-c3nc(-c4ccc(-c5ccccc5)cc4)nc(-c4cccc(-n5c6ccccc6c6ccccc65)c4)n3)cc2)cc1. The molecule has 230 valence electrons. The fraction of sp³-hybridized carbons (Fsp3) is 0. The number of para-hydroxylation sites is 2. The fourth-order valence-corrected chi connectivity index (χ4v) is 6.63. The molecule has 0 unspecified atom stereocenters. The third-order valence-electron chi connectivity index (χ3n) is 9.08. The minimum atomic E-state index is 0.627. The quantitative estimate of drug-likeness (QED) is 0.184. The highest BCUT2D eigenvalue weighted by Gasteiger charge is 2.16. The van der Waals surface area contributed by atoms with E-state index in [0.29, 0.717) is 17.5 Å². The molecule has 0 bridgehead atoms.